The number of likely N-dealkylation sites (tertiary alicyclic amines) is 1. The van der Waals surface area contributed by atoms with E-state index in [1.54, 1.807) is 0 Å². The molecule has 0 amide bonds. The molecule has 0 aromatic heterocycles. The van der Waals surface area contributed by atoms with Gasteiger partial charge in [0, 0.05) is 56.3 Å². The van der Waals surface area contributed by atoms with Gasteiger partial charge in [0.2, 0.25) is 0 Å². The first-order valence-electron chi connectivity index (χ1n) is 7.43. The zero-order valence-electron chi connectivity index (χ0n) is 11.9. The highest BCUT2D eigenvalue weighted by Crippen LogP contribution is 2.18. The normalized spacial score (nSPS) is 24.7. The molecule has 3 nitrogen and oxygen atoms in total. The lowest BCUT2D eigenvalue weighted by molar-refractivity contribution is 0.0414. The maximum Gasteiger partial charge on any atom is 0.0113 e. The Morgan fingerprint density at radius 3 is 2.28 bits per heavy atom. The molecular formula is C14H28IN3. The Labute approximate surface area is 126 Å². The third-order valence-electron chi connectivity index (χ3n) is 4.29. The van der Waals surface area contributed by atoms with Gasteiger partial charge in [-0.1, -0.05) is 22.6 Å². The summed E-state index contributed by atoms with van der Waals surface area (Å²) < 4.78 is 1.30. The van der Waals surface area contributed by atoms with Crippen molar-refractivity contribution < 1.29 is 0 Å². The first kappa shape index (κ1) is 15.0. The molecule has 0 atom stereocenters. The average Bonchev–Trinajstić information content (AvgIpc) is 2.32. The van der Waals surface area contributed by atoms with Crippen LogP contribution in [-0.2, 0) is 0 Å². The van der Waals surface area contributed by atoms with Crippen LogP contribution in [0.4, 0.5) is 0 Å². The Bertz CT molecular complexity index is 233. The molecule has 106 valence electrons. The lowest BCUT2D eigenvalue weighted by atomic mass is 9.99. The summed E-state index contributed by atoms with van der Waals surface area (Å²) in [6.45, 7) is 15.1. The zero-order valence-corrected chi connectivity index (χ0v) is 14.1. The second-order valence-corrected chi connectivity index (χ2v) is 7.18. The SMILES string of the molecule is CC(C)N1CCN(CC2CN(CCCI)C2)CC1. The van der Waals surface area contributed by atoms with E-state index in [1.807, 2.05) is 0 Å². The summed E-state index contributed by atoms with van der Waals surface area (Å²) in [6.07, 6.45) is 1.36. The molecule has 4 heteroatoms. The number of rotatable bonds is 6. The second-order valence-electron chi connectivity index (χ2n) is 6.10. The van der Waals surface area contributed by atoms with Crippen LogP contribution in [0.2, 0.25) is 0 Å². The van der Waals surface area contributed by atoms with Crippen LogP contribution in [-0.4, -0.2) is 77.5 Å². The van der Waals surface area contributed by atoms with Crippen LogP contribution in [0.15, 0.2) is 0 Å². The van der Waals surface area contributed by atoms with Gasteiger partial charge in [-0.3, -0.25) is 4.90 Å². The van der Waals surface area contributed by atoms with Crippen molar-refractivity contribution in [3.63, 3.8) is 0 Å². The van der Waals surface area contributed by atoms with E-state index in [1.165, 1.54) is 63.2 Å². The number of halogens is 1. The molecule has 0 spiro atoms. The van der Waals surface area contributed by atoms with Crippen molar-refractivity contribution in [1.29, 1.82) is 0 Å². The quantitative estimate of drug-likeness (QED) is 0.525. The number of piperazine rings is 1. The van der Waals surface area contributed by atoms with E-state index in [-0.39, 0.29) is 0 Å². The van der Waals surface area contributed by atoms with Gasteiger partial charge in [0.25, 0.3) is 0 Å². The number of hydrogen-bond donors (Lipinski definition) is 0. The smallest absolute Gasteiger partial charge is 0.0113 e. The highest BCUT2D eigenvalue weighted by atomic mass is 127. The fourth-order valence-corrected chi connectivity index (χ4v) is 3.43. The third kappa shape index (κ3) is 4.32. The zero-order chi connectivity index (χ0) is 13.0. The molecule has 2 aliphatic rings. The Hall–Kier alpha value is 0.610. The third-order valence-corrected chi connectivity index (χ3v) is 5.06. The van der Waals surface area contributed by atoms with Crippen molar-refractivity contribution >= 4 is 22.6 Å². The van der Waals surface area contributed by atoms with E-state index in [9.17, 15) is 0 Å². The van der Waals surface area contributed by atoms with Crippen molar-refractivity contribution in [3.05, 3.63) is 0 Å². The van der Waals surface area contributed by atoms with Crippen LogP contribution in [0.1, 0.15) is 20.3 Å². The van der Waals surface area contributed by atoms with Crippen LogP contribution in [0.3, 0.4) is 0 Å². The Balaban J connectivity index is 1.57. The largest absolute Gasteiger partial charge is 0.303 e. The van der Waals surface area contributed by atoms with Gasteiger partial charge in [-0.15, -0.1) is 0 Å². The Morgan fingerprint density at radius 1 is 1.06 bits per heavy atom. The molecule has 18 heavy (non-hydrogen) atoms. The fourth-order valence-electron chi connectivity index (χ4n) is 3.09. The predicted octanol–water partition coefficient (Wildman–Crippen LogP) is 1.77. The highest BCUT2D eigenvalue weighted by Gasteiger charge is 2.29. The highest BCUT2D eigenvalue weighted by molar-refractivity contribution is 14.1. The second kappa shape index (κ2) is 7.41. The van der Waals surface area contributed by atoms with Crippen molar-refractivity contribution in [2.24, 2.45) is 5.92 Å². The van der Waals surface area contributed by atoms with Crippen molar-refractivity contribution in [1.82, 2.24) is 14.7 Å². The summed E-state index contributed by atoms with van der Waals surface area (Å²) in [5.74, 6) is 0.949. The summed E-state index contributed by atoms with van der Waals surface area (Å²) in [5.41, 5.74) is 0. The van der Waals surface area contributed by atoms with E-state index >= 15 is 0 Å². The molecule has 0 N–H and O–H groups in total. The molecule has 0 aromatic rings. The minimum atomic E-state index is 0.722. The molecule has 0 bridgehead atoms. The van der Waals surface area contributed by atoms with Gasteiger partial charge in [0.05, 0.1) is 0 Å². The summed E-state index contributed by atoms with van der Waals surface area (Å²) in [7, 11) is 0. The van der Waals surface area contributed by atoms with E-state index < -0.39 is 0 Å². The molecule has 2 rings (SSSR count). The Morgan fingerprint density at radius 2 is 1.72 bits per heavy atom. The van der Waals surface area contributed by atoms with Gasteiger partial charge in [-0.25, -0.2) is 0 Å². The Kier molecular flexibility index (Phi) is 6.18. The maximum atomic E-state index is 2.68. The molecule has 0 radical (unpaired) electrons. The first-order valence-corrected chi connectivity index (χ1v) is 8.96. The van der Waals surface area contributed by atoms with Crippen LogP contribution >= 0.6 is 22.6 Å². The molecule has 2 heterocycles. The van der Waals surface area contributed by atoms with Gasteiger partial charge in [0.15, 0.2) is 0 Å². The molecular weight excluding hydrogens is 337 g/mol. The number of nitrogens with zero attached hydrogens (tertiary/aromatic N) is 3. The van der Waals surface area contributed by atoms with Crippen LogP contribution in [0.25, 0.3) is 0 Å². The summed E-state index contributed by atoms with van der Waals surface area (Å²) in [4.78, 5) is 7.90. The average molecular weight is 365 g/mol. The van der Waals surface area contributed by atoms with Gasteiger partial charge in [-0.05, 0) is 32.7 Å². The topological polar surface area (TPSA) is 9.72 Å². The van der Waals surface area contributed by atoms with Crippen LogP contribution in [0, 0.1) is 5.92 Å². The predicted molar refractivity (Wildman–Crippen MR) is 86.6 cm³/mol. The van der Waals surface area contributed by atoms with E-state index in [0.717, 1.165) is 12.0 Å². The molecule has 0 aliphatic carbocycles. The van der Waals surface area contributed by atoms with Crippen molar-refractivity contribution in [2.45, 2.75) is 26.3 Å². The van der Waals surface area contributed by atoms with Crippen LogP contribution < -0.4 is 0 Å². The maximum absolute atomic E-state index is 2.68. The lowest BCUT2D eigenvalue weighted by Crippen LogP contribution is -2.55. The standard InChI is InChI=1S/C14H28IN3/c1-13(2)18-8-6-16(7-9-18)10-14-11-17(12-14)5-3-4-15/h13-14H,3-12H2,1-2H3. The summed E-state index contributed by atoms with van der Waals surface area (Å²) >= 11 is 2.48. The molecule has 2 aliphatic heterocycles. The number of hydrogen-bond acceptors (Lipinski definition) is 3. The molecule has 0 unspecified atom stereocenters. The molecule has 2 saturated heterocycles. The molecule has 0 saturated carbocycles. The number of alkyl halides is 1. The fraction of sp³-hybridized carbons (Fsp3) is 1.00. The van der Waals surface area contributed by atoms with E-state index in [4.69, 9.17) is 0 Å². The molecule has 0 aromatic carbocycles. The van der Waals surface area contributed by atoms with Gasteiger partial charge < -0.3 is 9.80 Å². The molecule has 2 fully saturated rings. The van der Waals surface area contributed by atoms with Gasteiger partial charge in [0.1, 0.15) is 0 Å². The van der Waals surface area contributed by atoms with Crippen molar-refractivity contribution in [3.8, 4) is 0 Å². The minimum absolute atomic E-state index is 0.722. The van der Waals surface area contributed by atoms with Gasteiger partial charge >= 0.3 is 0 Å². The summed E-state index contributed by atoms with van der Waals surface area (Å²) in [6, 6.07) is 0.722. The van der Waals surface area contributed by atoms with Crippen LogP contribution in [0.5, 0.6) is 0 Å². The lowest BCUT2D eigenvalue weighted by Gasteiger charge is -2.44. The first-order chi connectivity index (χ1) is 8.69. The van der Waals surface area contributed by atoms with E-state index in [0.29, 0.717) is 0 Å². The minimum Gasteiger partial charge on any atom is -0.303 e. The van der Waals surface area contributed by atoms with E-state index in [2.05, 4.69) is 51.1 Å². The van der Waals surface area contributed by atoms with Gasteiger partial charge in [-0.2, -0.15) is 0 Å². The summed E-state index contributed by atoms with van der Waals surface area (Å²) in [5, 5.41) is 0. The monoisotopic (exact) mass is 365 g/mol. The van der Waals surface area contributed by atoms with Crippen molar-refractivity contribution in [2.75, 3.05) is 56.8 Å².